The van der Waals surface area contributed by atoms with Gasteiger partial charge in [0.05, 0.1) is 0 Å². The Kier molecular flexibility index (Phi) is 3.52. The quantitative estimate of drug-likeness (QED) is 0.791. The van der Waals surface area contributed by atoms with Gasteiger partial charge in [-0.3, -0.25) is 9.79 Å². The second-order valence-corrected chi connectivity index (χ2v) is 8.01. The monoisotopic (exact) mass is 281 g/mol. The molecule has 3 saturated carbocycles. The van der Waals surface area contributed by atoms with E-state index in [0.717, 1.165) is 18.6 Å². The van der Waals surface area contributed by atoms with Crippen LogP contribution in [0.15, 0.2) is 4.99 Å². The summed E-state index contributed by atoms with van der Waals surface area (Å²) in [6, 6.07) is 0. The predicted molar refractivity (Wildman–Crippen MR) is 78.8 cm³/mol. The van der Waals surface area contributed by atoms with Crippen LogP contribution in [0.4, 0.5) is 0 Å². The number of aliphatic hydroxyl groups is 1. The first-order valence-electron chi connectivity index (χ1n) is 7.42. The third kappa shape index (κ3) is 2.62. The lowest BCUT2D eigenvalue weighted by Gasteiger charge is -2.62. The van der Waals surface area contributed by atoms with Gasteiger partial charge in [-0.2, -0.15) is 0 Å². The van der Waals surface area contributed by atoms with Crippen molar-refractivity contribution >= 4 is 11.7 Å². The van der Waals surface area contributed by atoms with Gasteiger partial charge in [0.15, 0.2) is 0 Å². The maximum atomic E-state index is 11.7. The summed E-state index contributed by atoms with van der Waals surface area (Å²) in [7, 11) is 0. The minimum absolute atomic E-state index is 0.00260. The van der Waals surface area contributed by atoms with Gasteiger partial charge in [0.25, 0.3) is 0 Å². The zero-order valence-electron chi connectivity index (χ0n) is 13.5. The van der Waals surface area contributed by atoms with Crippen LogP contribution in [0.1, 0.15) is 54.4 Å². The van der Waals surface area contributed by atoms with Gasteiger partial charge in [-0.1, -0.05) is 13.8 Å². The van der Waals surface area contributed by atoms with Crippen molar-refractivity contribution in [2.24, 2.45) is 22.2 Å². The SMILES string of the molecule is CC(C)(C)OC(=O)C/N=C1\CC2CC(C1(C)O)C2(C)C. The van der Waals surface area contributed by atoms with E-state index in [1.54, 1.807) is 0 Å². The molecule has 3 aliphatic carbocycles. The Morgan fingerprint density at radius 2 is 2.00 bits per heavy atom. The van der Waals surface area contributed by atoms with Gasteiger partial charge >= 0.3 is 5.97 Å². The molecule has 1 N–H and O–H groups in total. The van der Waals surface area contributed by atoms with Gasteiger partial charge in [-0.15, -0.1) is 0 Å². The highest BCUT2D eigenvalue weighted by Crippen LogP contribution is 2.61. The van der Waals surface area contributed by atoms with Crippen molar-refractivity contribution in [1.82, 2.24) is 0 Å². The van der Waals surface area contributed by atoms with E-state index in [0.29, 0.717) is 5.92 Å². The summed E-state index contributed by atoms with van der Waals surface area (Å²) in [6.45, 7) is 11.8. The number of rotatable bonds is 2. The number of ether oxygens (including phenoxy) is 1. The fourth-order valence-electron chi connectivity index (χ4n) is 3.72. The van der Waals surface area contributed by atoms with Crippen molar-refractivity contribution in [2.75, 3.05) is 6.54 Å². The molecule has 0 amide bonds. The molecule has 0 aromatic heterocycles. The summed E-state index contributed by atoms with van der Waals surface area (Å²) in [5.41, 5.74) is -0.436. The number of aliphatic imine (C=N–C) groups is 1. The van der Waals surface area contributed by atoms with Crippen LogP contribution in [0.3, 0.4) is 0 Å². The number of carbonyl (C=O) groups is 1. The molecule has 3 aliphatic rings. The van der Waals surface area contributed by atoms with E-state index in [2.05, 4.69) is 18.8 Å². The standard InChI is InChI=1S/C16H27NO3/c1-14(2,3)20-13(18)9-17-12-8-10-7-11(15(10,4)5)16(12,6)19/h10-11,19H,7-9H2,1-6H3/b17-12+. The second kappa shape index (κ2) is 4.55. The maximum absolute atomic E-state index is 11.7. The van der Waals surface area contributed by atoms with Gasteiger partial charge in [0.1, 0.15) is 17.7 Å². The van der Waals surface area contributed by atoms with E-state index >= 15 is 0 Å². The third-order valence-corrected chi connectivity index (χ3v) is 4.99. The highest BCUT2D eigenvalue weighted by molar-refractivity contribution is 5.95. The van der Waals surface area contributed by atoms with E-state index in [4.69, 9.17) is 4.74 Å². The molecule has 0 spiro atoms. The fourth-order valence-corrected chi connectivity index (χ4v) is 3.72. The summed E-state index contributed by atoms with van der Waals surface area (Å²) in [6.07, 6.45) is 1.85. The first-order valence-corrected chi connectivity index (χ1v) is 7.42. The third-order valence-electron chi connectivity index (χ3n) is 4.99. The highest BCUT2D eigenvalue weighted by Gasteiger charge is 2.61. The van der Waals surface area contributed by atoms with E-state index in [1.165, 1.54) is 0 Å². The van der Waals surface area contributed by atoms with Gasteiger partial charge in [0.2, 0.25) is 0 Å². The average molecular weight is 281 g/mol. The lowest BCUT2D eigenvalue weighted by Crippen LogP contribution is -2.64. The molecule has 3 unspecified atom stereocenters. The van der Waals surface area contributed by atoms with Gasteiger partial charge in [0, 0.05) is 5.71 Å². The Morgan fingerprint density at radius 3 is 2.45 bits per heavy atom. The lowest BCUT2D eigenvalue weighted by molar-refractivity contribution is -0.153. The summed E-state index contributed by atoms with van der Waals surface area (Å²) in [4.78, 5) is 16.1. The predicted octanol–water partition coefficient (Wildman–Crippen LogP) is 2.59. The van der Waals surface area contributed by atoms with E-state index in [-0.39, 0.29) is 23.8 Å². The number of carbonyl (C=O) groups excluding carboxylic acids is 1. The molecule has 4 nitrogen and oxygen atoms in total. The summed E-state index contributed by atoms with van der Waals surface area (Å²) < 4.78 is 5.25. The van der Waals surface area contributed by atoms with Crippen LogP contribution >= 0.6 is 0 Å². The van der Waals surface area contributed by atoms with Crippen LogP contribution in [-0.4, -0.2) is 34.5 Å². The number of hydrogen-bond acceptors (Lipinski definition) is 4. The van der Waals surface area contributed by atoms with Crippen molar-refractivity contribution in [3.8, 4) is 0 Å². The van der Waals surface area contributed by atoms with Crippen LogP contribution < -0.4 is 0 Å². The first-order chi connectivity index (χ1) is 8.94. The summed E-state index contributed by atoms with van der Waals surface area (Å²) in [5.74, 6) is 0.482. The molecule has 0 saturated heterocycles. The highest BCUT2D eigenvalue weighted by atomic mass is 16.6. The Labute approximate surface area is 121 Å². The molecule has 3 fully saturated rings. The van der Waals surface area contributed by atoms with Crippen molar-refractivity contribution in [3.05, 3.63) is 0 Å². The normalized spacial score (nSPS) is 37.5. The Hall–Kier alpha value is -0.900. The van der Waals surface area contributed by atoms with E-state index in [1.807, 2.05) is 27.7 Å². The molecule has 3 atom stereocenters. The zero-order chi connectivity index (χ0) is 15.3. The van der Waals surface area contributed by atoms with Crippen molar-refractivity contribution in [3.63, 3.8) is 0 Å². The largest absolute Gasteiger partial charge is 0.459 e. The van der Waals surface area contributed by atoms with Crippen LogP contribution in [0, 0.1) is 17.3 Å². The lowest BCUT2D eigenvalue weighted by atomic mass is 9.44. The van der Waals surface area contributed by atoms with Crippen molar-refractivity contribution in [1.29, 1.82) is 0 Å². The molecule has 0 aromatic carbocycles. The van der Waals surface area contributed by atoms with Crippen molar-refractivity contribution in [2.45, 2.75) is 65.6 Å². The van der Waals surface area contributed by atoms with Crippen molar-refractivity contribution < 1.29 is 14.6 Å². The van der Waals surface area contributed by atoms with Crippen LogP contribution in [0.2, 0.25) is 0 Å². The molecule has 2 bridgehead atoms. The molecule has 3 rings (SSSR count). The maximum Gasteiger partial charge on any atom is 0.328 e. The molecule has 0 radical (unpaired) electrons. The summed E-state index contributed by atoms with van der Waals surface area (Å²) in [5, 5.41) is 10.7. The zero-order valence-corrected chi connectivity index (χ0v) is 13.5. The second-order valence-electron chi connectivity index (χ2n) is 8.01. The molecule has 0 aromatic rings. The minimum Gasteiger partial charge on any atom is -0.459 e. The van der Waals surface area contributed by atoms with Gasteiger partial charge in [-0.25, -0.2) is 0 Å². The number of esters is 1. The molecule has 4 heteroatoms. The molecule has 0 aliphatic heterocycles. The Balaban J connectivity index is 2.04. The van der Waals surface area contributed by atoms with Crippen LogP contribution in [-0.2, 0) is 9.53 Å². The van der Waals surface area contributed by atoms with E-state index in [9.17, 15) is 9.90 Å². The molecule has 0 heterocycles. The van der Waals surface area contributed by atoms with Gasteiger partial charge < -0.3 is 9.84 Å². The van der Waals surface area contributed by atoms with Crippen LogP contribution in [0.5, 0.6) is 0 Å². The Bertz CT molecular complexity index is 443. The minimum atomic E-state index is -0.889. The summed E-state index contributed by atoms with van der Waals surface area (Å²) >= 11 is 0. The molecule has 20 heavy (non-hydrogen) atoms. The average Bonchev–Trinajstić information content (AvgIpc) is 2.23. The van der Waals surface area contributed by atoms with Crippen LogP contribution in [0.25, 0.3) is 0 Å². The topological polar surface area (TPSA) is 58.9 Å². The molecular weight excluding hydrogens is 254 g/mol. The first kappa shape index (κ1) is 15.5. The Morgan fingerprint density at radius 1 is 1.40 bits per heavy atom. The fraction of sp³-hybridized carbons (Fsp3) is 0.875. The number of nitrogens with zero attached hydrogens (tertiary/aromatic N) is 1. The molecule has 114 valence electrons. The smallest absolute Gasteiger partial charge is 0.328 e. The number of hydrogen-bond donors (Lipinski definition) is 1. The number of fused-ring (bicyclic) bond motifs is 2. The van der Waals surface area contributed by atoms with E-state index < -0.39 is 11.2 Å². The van der Waals surface area contributed by atoms with Gasteiger partial charge in [-0.05, 0) is 57.8 Å². The molecular formula is C16H27NO3.